The van der Waals surface area contributed by atoms with Crippen LogP contribution in [0.15, 0.2) is 106 Å². The van der Waals surface area contributed by atoms with Crippen LogP contribution in [0.25, 0.3) is 6.08 Å². The van der Waals surface area contributed by atoms with Crippen LogP contribution in [0.1, 0.15) is 23.0 Å². The van der Waals surface area contributed by atoms with E-state index in [1.54, 1.807) is 91.9 Å². The Morgan fingerprint density at radius 3 is 2.33 bits per heavy atom. The van der Waals surface area contributed by atoms with E-state index in [2.05, 4.69) is 16.0 Å². The molecular formula is C29H23Cl2N3O4S. The molecule has 1 atom stereocenters. The molecular weight excluding hydrogens is 557 g/mol. The number of thioether (sulfide) groups is 1. The van der Waals surface area contributed by atoms with Gasteiger partial charge in [0, 0.05) is 27.2 Å². The predicted molar refractivity (Wildman–Crippen MR) is 156 cm³/mol. The maximum Gasteiger partial charge on any atom is 0.272 e. The van der Waals surface area contributed by atoms with Crippen molar-refractivity contribution >= 4 is 70.1 Å². The standard InChI is InChI=1S/C29H23Cl2N3O4S/c1-18(27(35)33-25-16-20(30)9-14-24(25)31)39-23-12-10-21(11-13-23)32-29(37)26(17-22-8-5-15-38-22)34-28(36)19-6-3-2-4-7-19/h2-18H,1H3,(H,32,37)(H,33,35)(H,34,36)/b26-17-. The molecule has 0 radical (unpaired) electrons. The van der Waals surface area contributed by atoms with Crippen molar-refractivity contribution in [1.29, 1.82) is 0 Å². The minimum absolute atomic E-state index is 0.0159. The molecule has 3 amide bonds. The molecule has 3 N–H and O–H groups in total. The number of carbonyl (C=O) groups is 3. The summed E-state index contributed by atoms with van der Waals surface area (Å²) >= 11 is 13.5. The summed E-state index contributed by atoms with van der Waals surface area (Å²) in [6.45, 7) is 1.77. The maximum atomic E-state index is 13.1. The first-order valence-corrected chi connectivity index (χ1v) is 13.4. The Kier molecular flexibility index (Phi) is 9.49. The molecule has 1 heterocycles. The van der Waals surface area contributed by atoms with E-state index >= 15 is 0 Å². The lowest BCUT2D eigenvalue weighted by Gasteiger charge is -2.14. The molecule has 0 bridgehead atoms. The molecule has 3 aromatic carbocycles. The predicted octanol–water partition coefficient (Wildman–Crippen LogP) is 7.12. The summed E-state index contributed by atoms with van der Waals surface area (Å²) in [4.78, 5) is 39.2. The van der Waals surface area contributed by atoms with Crippen LogP contribution in [0.5, 0.6) is 0 Å². The summed E-state index contributed by atoms with van der Waals surface area (Å²) in [5.41, 5.74) is 1.37. The second-order valence-electron chi connectivity index (χ2n) is 8.25. The van der Waals surface area contributed by atoms with Crippen LogP contribution in [0.4, 0.5) is 11.4 Å². The van der Waals surface area contributed by atoms with Gasteiger partial charge in [0.2, 0.25) is 5.91 Å². The van der Waals surface area contributed by atoms with Crippen LogP contribution in [0, 0.1) is 0 Å². The number of anilines is 2. The monoisotopic (exact) mass is 579 g/mol. The lowest BCUT2D eigenvalue weighted by atomic mass is 10.2. The highest BCUT2D eigenvalue weighted by atomic mass is 35.5. The Labute approximate surface area is 239 Å². The van der Waals surface area contributed by atoms with Gasteiger partial charge in [-0.25, -0.2) is 0 Å². The van der Waals surface area contributed by atoms with Crippen LogP contribution in [-0.2, 0) is 9.59 Å². The fourth-order valence-corrected chi connectivity index (χ4v) is 4.56. The second kappa shape index (κ2) is 13.2. The fraction of sp³-hybridized carbons (Fsp3) is 0.0690. The van der Waals surface area contributed by atoms with E-state index in [4.69, 9.17) is 27.6 Å². The summed E-state index contributed by atoms with van der Waals surface area (Å²) in [5.74, 6) is -0.779. The molecule has 0 spiro atoms. The number of furan rings is 1. The van der Waals surface area contributed by atoms with E-state index in [0.717, 1.165) is 4.90 Å². The van der Waals surface area contributed by atoms with Gasteiger partial charge in [0.15, 0.2) is 0 Å². The molecule has 0 aliphatic rings. The fourth-order valence-electron chi connectivity index (χ4n) is 3.36. The molecule has 0 saturated carbocycles. The molecule has 0 saturated heterocycles. The molecule has 0 aliphatic heterocycles. The average molecular weight is 580 g/mol. The number of hydrogen-bond donors (Lipinski definition) is 3. The lowest BCUT2D eigenvalue weighted by Crippen LogP contribution is -2.30. The van der Waals surface area contributed by atoms with Crippen LogP contribution in [-0.4, -0.2) is 23.0 Å². The summed E-state index contributed by atoms with van der Waals surface area (Å²) in [5, 5.41) is 8.64. The van der Waals surface area contributed by atoms with Gasteiger partial charge in [-0.2, -0.15) is 0 Å². The first kappa shape index (κ1) is 28.0. The molecule has 4 aromatic rings. The van der Waals surface area contributed by atoms with Gasteiger partial charge in [-0.3, -0.25) is 14.4 Å². The lowest BCUT2D eigenvalue weighted by molar-refractivity contribution is -0.115. The number of hydrogen-bond acceptors (Lipinski definition) is 5. The van der Waals surface area contributed by atoms with Gasteiger partial charge >= 0.3 is 0 Å². The second-order valence-corrected chi connectivity index (χ2v) is 10.5. The van der Waals surface area contributed by atoms with E-state index in [9.17, 15) is 14.4 Å². The molecule has 39 heavy (non-hydrogen) atoms. The van der Waals surface area contributed by atoms with Crippen molar-refractivity contribution in [2.24, 2.45) is 0 Å². The molecule has 0 fully saturated rings. The molecule has 7 nitrogen and oxygen atoms in total. The Bertz CT molecular complexity index is 1490. The van der Waals surface area contributed by atoms with Gasteiger partial charge in [0.1, 0.15) is 11.5 Å². The summed E-state index contributed by atoms with van der Waals surface area (Å²) in [6, 6.07) is 23.8. The van der Waals surface area contributed by atoms with Crippen molar-refractivity contribution in [2.75, 3.05) is 10.6 Å². The number of amides is 3. The van der Waals surface area contributed by atoms with Crippen LogP contribution in [0.2, 0.25) is 10.0 Å². The van der Waals surface area contributed by atoms with Crippen molar-refractivity contribution in [2.45, 2.75) is 17.1 Å². The third-order valence-corrected chi connectivity index (χ3v) is 7.02. The molecule has 10 heteroatoms. The first-order valence-electron chi connectivity index (χ1n) is 11.7. The number of halogens is 2. The summed E-state index contributed by atoms with van der Waals surface area (Å²) < 4.78 is 5.32. The van der Waals surface area contributed by atoms with Crippen molar-refractivity contribution in [1.82, 2.24) is 5.32 Å². The number of nitrogens with one attached hydrogen (secondary N) is 3. The highest BCUT2D eigenvalue weighted by Gasteiger charge is 2.18. The molecule has 4 rings (SSSR count). The van der Waals surface area contributed by atoms with E-state index in [0.29, 0.717) is 32.7 Å². The van der Waals surface area contributed by atoms with Gasteiger partial charge in [0.05, 0.1) is 22.2 Å². The minimum atomic E-state index is -0.526. The van der Waals surface area contributed by atoms with Gasteiger partial charge in [-0.15, -0.1) is 11.8 Å². The number of benzene rings is 3. The highest BCUT2D eigenvalue weighted by Crippen LogP contribution is 2.29. The third-order valence-electron chi connectivity index (χ3n) is 5.34. The maximum absolute atomic E-state index is 13.1. The molecule has 1 aromatic heterocycles. The minimum Gasteiger partial charge on any atom is -0.465 e. The summed E-state index contributed by atoms with van der Waals surface area (Å²) in [7, 11) is 0. The topological polar surface area (TPSA) is 100 Å². The van der Waals surface area contributed by atoms with Crippen LogP contribution < -0.4 is 16.0 Å². The zero-order chi connectivity index (χ0) is 27.8. The zero-order valence-electron chi connectivity index (χ0n) is 20.6. The van der Waals surface area contributed by atoms with E-state index in [-0.39, 0.29) is 11.6 Å². The van der Waals surface area contributed by atoms with Gasteiger partial charge in [-0.05, 0) is 73.7 Å². The van der Waals surface area contributed by atoms with Crippen LogP contribution >= 0.6 is 35.0 Å². The zero-order valence-corrected chi connectivity index (χ0v) is 22.9. The van der Waals surface area contributed by atoms with Gasteiger partial charge in [-0.1, -0.05) is 41.4 Å². The quantitative estimate of drug-likeness (QED) is 0.145. The first-order chi connectivity index (χ1) is 18.8. The van der Waals surface area contributed by atoms with Crippen molar-refractivity contribution < 1.29 is 18.8 Å². The summed E-state index contributed by atoms with van der Waals surface area (Å²) in [6.07, 6.45) is 2.93. The van der Waals surface area contributed by atoms with E-state index in [1.807, 2.05) is 0 Å². The SMILES string of the molecule is CC(Sc1ccc(NC(=O)/C(=C/c2ccco2)NC(=O)c2ccccc2)cc1)C(=O)Nc1cc(Cl)ccc1Cl. The smallest absolute Gasteiger partial charge is 0.272 e. The third kappa shape index (κ3) is 8.00. The normalized spacial score (nSPS) is 11.9. The Hall–Kier alpha value is -3.98. The highest BCUT2D eigenvalue weighted by molar-refractivity contribution is 8.00. The molecule has 1 unspecified atom stereocenters. The van der Waals surface area contributed by atoms with Crippen LogP contribution in [0.3, 0.4) is 0 Å². The Morgan fingerprint density at radius 1 is 0.897 bits per heavy atom. The molecule has 198 valence electrons. The average Bonchev–Trinajstić information content (AvgIpc) is 3.45. The Morgan fingerprint density at radius 2 is 1.64 bits per heavy atom. The Balaban J connectivity index is 1.40. The van der Waals surface area contributed by atoms with E-state index in [1.165, 1.54) is 24.1 Å². The number of rotatable bonds is 9. The van der Waals surface area contributed by atoms with Gasteiger partial charge < -0.3 is 20.4 Å². The van der Waals surface area contributed by atoms with Crippen molar-refractivity contribution in [3.8, 4) is 0 Å². The van der Waals surface area contributed by atoms with Crippen molar-refractivity contribution in [3.63, 3.8) is 0 Å². The molecule has 0 aliphatic carbocycles. The largest absolute Gasteiger partial charge is 0.465 e. The number of carbonyl (C=O) groups excluding carboxylic acids is 3. The van der Waals surface area contributed by atoms with E-state index < -0.39 is 17.1 Å². The van der Waals surface area contributed by atoms with Crippen molar-refractivity contribution in [3.05, 3.63) is 118 Å². The van der Waals surface area contributed by atoms with Gasteiger partial charge in [0.25, 0.3) is 11.8 Å².